The predicted molar refractivity (Wildman–Crippen MR) is 106 cm³/mol. The molecule has 0 saturated carbocycles. The fraction of sp³-hybridized carbons (Fsp3) is 0.111. The van der Waals surface area contributed by atoms with Gasteiger partial charge < -0.3 is 0 Å². The first-order chi connectivity index (χ1) is 13.2. The third kappa shape index (κ3) is 3.49. The molecule has 2 aromatic heterocycles. The van der Waals surface area contributed by atoms with Gasteiger partial charge in [-0.15, -0.1) is 0 Å². The summed E-state index contributed by atoms with van der Waals surface area (Å²) in [4.78, 5) is 10.2. The number of benzene rings is 1. The van der Waals surface area contributed by atoms with E-state index in [9.17, 15) is 18.5 Å². The number of fused-ring (bicyclic) bond motifs is 1. The van der Waals surface area contributed by atoms with Gasteiger partial charge in [0.25, 0.3) is 15.7 Å². The molecule has 9 nitrogen and oxygen atoms in total. The number of nitro benzene ring substituents is 1. The molecule has 2 heterocycles. The molecule has 0 N–H and O–H groups in total. The first-order valence-electron chi connectivity index (χ1n) is 8.12. The lowest BCUT2D eigenvalue weighted by Crippen LogP contribution is -2.22. The van der Waals surface area contributed by atoms with Gasteiger partial charge in [-0.3, -0.25) is 10.1 Å². The van der Waals surface area contributed by atoms with Crippen LogP contribution >= 0.6 is 0 Å². The number of hydrogen-bond acceptors (Lipinski definition) is 6. The predicted octanol–water partition coefficient (Wildman–Crippen LogP) is 2.85. The van der Waals surface area contributed by atoms with E-state index in [0.29, 0.717) is 11.1 Å². The third-order valence-corrected chi connectivity index (χ3v) is 5.96. The second-order valence-corrected chi connectivity index (χ2v) is 7.90. The average molecular weight is 399 g/mol. The Morgan fingerprint density at radius 1 is 1.32 bits per heavy atom. The van der Waals surface area contributed by atoms with Gasteiger partial charge >= 0.3 is 0 Å². The van der Waals surface area contributed by atoms with Gasteiger partial charge in [0.05, 0.1) is 27.7 Å². The molecule has 1 aromatic carbocycles. The summed E-state index contributed by atoms with van der Waals surface area (Å²) in [6.07, 6.45) is 6.39. The number of nitro groups is 1. The van der Waals surface area contributed by atoms with Gasteiger partial charge in [0.1, 0.15) is 0 Å². The van der Waals surface area contributed by atoms with E-state index in [-0.39, 0.29) is 10.6 Å². The first-order valence-corrected chi connectivity index (χ1v) is 9.56. The molecule has 0 saturated heterocycles. The van der Waals surface area contributed by atoms with Gasteiger partial charge in [-0.05, 0) is 30.2 Å². The van der Waals surface area contributed by atoms with Crippen LogP contribution in [0.1, 0.15) is 16.7 Å². The highest BCUT2D eigenvalue weighted by molar-refractivity contribution is 7.89. The molecule has 0 spiro atoms. The Balaban J connectivity index is 1.96. The number of aromatic nitrogens is 2. The van der Waals surface area contributed by atoms with Crippen LogP contribution < -0.4 is 0 Å². The van der Waals surface area contributed by atoms with E-state index in [0.717, 1.165) is 21.6 Å². The van der Waals surface area contributed by atoms with Gasteiger partial charge in [0.15, 0.2) is 0 Å². The minimum absolute atomic E-state index is 0.171. The van der Waals surface area contributed by atoms with E-state index in [1.807, 2.05) is 12.1 Å². The molecule has 0 aliphatic rings. The number of non-ortho nitro benzene ring substituents is 1. The molecule has 0 fully saturated rings. The van der Waals surface area contributed by atoms with Crippen molar-refractivity contribution in [2.24, 2.45) is 5.10 Å². The number of rotatable bonds is 6. The van der Waals surface area contributed by atoms with Crippen molar-refractivity contribution in [1.82, 2.24) is 14.0 Å². The summed E-state index contributed by atoms with van der Waals surface area (Å²) >= 11 is 0. The quantitative estimate of drug-likeness (QED) is 0.360. The average Bonchev–Trinajstić information content (AvgIpc) is 3.08. The fourth-order valence-corrected chi connectivity index (χ4v) is 3.77. The first kappa shape index (κ1) is 19.2. The normalized spacial score (nSPS) is 11.8. The monoisotopic (exact) mass is 399 g/mol. The summed E-state index contributed by atoms with van der Waals surface area (Å²) in [6, 6.07) is 7.37. The molecular formula is C18H17N5O4S. The zero-order valence-electron chi connectivity index (χ0n) is 15.2. The molecule has 3 rings (SSSR count). The molecule has 144 valence electrons. The van der Waals surface area contributed by atoms with Crippen molar-refractivity contribution in [3.8, 4) is 0 Å². The lowest BCUT2D eigenvalue weighted by atomic mass is 10.2. The number of hydrogen-bond donors (Lipinski definition) is 0. The molecule has 3 aromatic rings. The van der Waals surface area contributed by atoms with Crippen LogP contribution in [-0.2, 0) is 10.0 Å². The Bertz CT molecular complexity index is 1210. The lowest BCUT2D eigenvalue weighted by Gasteiger charge is -2.15. The van der Waals surface area contributed by atoms with Crippen molar-refractivity contribution in [1.29, 1.82) is 0 Å². The van der Waals surface area contributed by atoms with E-state index in [4.69, 9.17) is 0 Å². The molecule has 0 amide bonds. The second kappa shape index (κ2) is 7.24. The SMILES string of the molecule is C=Cc1ccn2ncc(/C=N/N(C)S(=O)(=O)c3cc([N+](=O)[O-])ccc3C)c2c1. The van der Waals surface area contributed by atoms with E-state index < -0.39 is 14.9 Å². The molecule has 0 radical (unpaired) electrons. The number of aryl methyl sites for hydroxylation is 1. The molecule has 0 atom stereocenters. The summed E-state index contributed by atoms with van der Waals surface area (Å²) in [7, 11) is -2.79. The molecule has 0 unspecified atom stereocenters. The molecular weight excluding hydrogens is 382 g/mol. The van der Waals surface area contributed by atoms with Gasteiger partial charge in [0.2, 0.25) is 0 Å². The summed E-state index contributed by atoms with van der Waals surface area (Å²) in [6.45, 7) is 5.29. The van der Waals surface area contributed by atoms with Gasteiger partial charge in [-0.25, -0.2) is 4.52 Å². The van der Waals surface area contributed by atoms with Crippen LogP contribution in [0.2, 0.25) is 0 Å². The molecule has 0 aliphatic heterocycles. The van der Waals surface area contributed by atoms with Crippen molar-refractivity contribution in [3.63, 3.8) is 0 Å². The summed E-state index contributed by atoms with van der Waals surface area (Å²) < 4.78 is 28.0. The minimum atomic E-state index is -4.06. The van der Waals surface area contributed by atoms with Crippen molar-refractivity contribution in [2.75, 3.05) is 7.05 Å². The highest BCUT2D eigenvalue weighted by atomic mass is 32.2. The Hall–Kier alpha value is -3.53. The standard InChI is InChI=1S/C18H17N5O4S/c1-4-14-7-8-22-17(9-14)15(12-20-22)11-19-21(3)28(26,27)18-10-16(23(24)25)6-5-13(18)2/h4-12H,1H2,2-3H3/b19-11+. The Morgan fingerprint density at radius 3 is 2.75 bits per heavy atom. The van der Waals surface area contributed by atoms with E-state index in [1.165, 1.54) is 25.4 Å². The maximum atomic E-state index is 12.8. The topological polar surface area (TPSA) is 110 Å². The smallest absolute Gasteiger partial charge is 0.258 e. The second-order valence-electron chi connectivity index (χ2n) is 5.98. The zero-order valence-corrected chi connectivity index (χ0v) is 16.0. The summed E-state index contributed by atoms with van der Waals surface area (Å²) in [5.41, 5.74) is 2.32. The summed E-state index contributed by atoms with van der Waals surface area (Å²) in [5.74, 6) is 0. The molecule has 0 bridgehead atoms. The van der Waals surface area contributed by atoms with Crippen molar-refractivity contribution in [2.45, 2.75) is 11.8 Å². The van der Waals surface area contributed by atoms with Crippen LogP contribution in [-0.4, -0.2) is 40.6 Å². The summed E-state index contributed by atoms with van der Waals surface area (Å²) in [5, 5.41) is 19.2. The highest BCUT2D eigenvalue weighted by Crippen LogP contribution is 2.24. The minimum Gasteiger partial charge on any atom is -0.258 e. The lowest BCUT2D eigenvalue weighted by molar-refractivity contribution is -0.385. The van der Waals surface area contributed by atoms with E-state index >= 15 is 0 Å². The Kier molecular flexibility index (Phi) is 4.97. The van der Waals surface area contributed by atoms with Crippen molar-refractivity contribution < 1.29 is 13.3 Å². The molecule has 28 heavy (non-hydrogen) atoms. The number of pyridine rings is 1. The third-order valence-electron chi connectivity index (χ3n) is 4.18. The molecule has 10 heteroatoms. The van der Waals surface area contributed by atoms with Crippen LogP contribution in [0.15, 0.2) is 59.3 Å². The van der Waals surface area contributed by atoms with Crippen LogP contribution in [0.5, 0.6) is 0 Å². The fourth-order valence-electron chi connectivity index (χ4n) is 2.57. The van der Waals surface area contributed by atoms with Gasteiger partial charge in [-0.1, -0.05) is 18.7 Å². The maximum absolute atomic E-state index is 12.8. The van der Waals surface area contributed by atoms with Crippen LogP contribution in [0.3, 0.4) is 0 Å². The van der Waals surface area contributed by atoms with Crippen LogP contribution in [0.4, 0.5) is 5.69 Å². The van der Waals surface area contributed by atoms with Crippen molar-refractivity contribution in [3.05, 3.63) is 76.1 Å². The van der Waals surface area contributed by atoms with Gasteiger partial charge in [0, 0.05) is 30.9 Å². The Morgan fingerprint density at radius 2 is 2.07 bits per heavy atom. The molecule has 0 aliphatic carbocycles. The maximum Gasteiger partial charge on any atom is 0.279 e. The Labute approximate surface area is 161 Å². The zero-order chi connectivity index (χ0) is 20.5. The van der Waals surface area contributed by atoms with E-state index in [2.05, 4.69) is 16.8 Å². The van der Waals surface area contributed by atoms with E-state index in [1.54, 1.807) is 29.9 Å². The number of sulfonamides is 1. The highest BCUT2D eigenvalue weighted by Gasteiger charge is 2.24. The van der Waals surface area contributed by atoms with Crippen LogP contribution in [0, 0.1) is 17.0 Å². The van der Waals surface area contributed by atoms with Crippen molar-refractivity contribution >= 4 is 33.5 Å². The van der Waals surface area contributed by atoms with Crippen LogP contribution in [0.25, 0.3) is 11.6 Å². The number of hydrazone groups is 1. The number of nitrogens with zero attached hydrogens (tertiary/aromatic N) is 5. The van der Waals surface area contributed by atoms with Gasteiger partial charge in [-0.2, -0.15) is 23.0 Å². The largest absolute Gasteiger partial charge is 0.279 e.